The Morgan fingerprint density at radius 2 is 1.55 bits per heavy atom. The van der Waals surface area contributed by atoms with Crippen LogP contribution in [0, 0.1) is 0 Å². The average molecular weight is 314 g/mol. The van der Waals surface area contributed by atoms with Gasteiger partial charge in [0.1, 0.15) is 17.2 Å². The summed E-state index contributed by atoms with van der Waals surface area (Å²) in [6.07, 6.45) is 3.48. The fourth-order valence-corrected chi connectivity index (χ4v) is 2.59. The summed E-state index contributed by atoms with van der Waals surface area (Å²) < 4.78 is 16.1. The van der Waals surface area contributed by atoms with Gasteiger partial charge in [-0.15, -0.1) is 11.3 Å². The summed E-state index contributed by atoms with van der Waals surface area (Å²) in [6.45, 7) is 0. The van der Waals surface area contributed by atoms with Crippen LogP contribution in [-0.4, -0.2) is 24.2 Å². The number of benzene rings is 1. The van der Waals surface area contributed by atoms with Crippen molar-refractivity contribution in [3.8, 4) is 33.7 Å². The van der Waals surface area contributed by atoms with Crippen LogP contribution in [0.15, 0.2) is 48.1 Å². The van der Waals surface area contributed by atoms with Crippen LogP contribution in [0.25, 0.3) is 10.4 Å². The molecule has 0 unspecified atom stereocenters. The van der Waals surface area contributed by atoms with Crippen LogP contribution >= 0.6 is 11.3 Å². The van der Waals surface area contributed by atoms with Gasteiger partial charge in [0.15, 0.2) is 0 Å². The summed E-state index contributed by atoms with van der Waals surface area (Å²) in [7, 11) is 3.18. The molecule has 0 aliphatic rings. The highest BCUT2D eigenvalue weighted by atomic mass is 32.1. The maximum atomic E-state index is 5.66. The van der Waals surface area contributed by atoms with Crippen molar-refractivity contribution in [2.24, 2.45) is 0 Å². The van der Waals surface area contributed by atoms with Gasteiger partial charge in [-0.3, -0.25) is 0 Å². The molecule has 0 radical (unpaired) electrons. The van der Waals surface area contributed by atoms with E-state index in [1.54, 1.807) is 56.1 Å². The third-order valence-corrected chi connectivity index (χ3v) is 3.89. The van der Waals surface area contributed by atoms with E-state index in [1.807, 2.05) is 17.5 Å². The summed E-state index contributed by atoms with van der Waals surface area (Å²) >= 11 is 1.64. The molecule has 6 heteroatoms. The van der Waals surface area contributed by atoms with Gasteiger partial charge in [-0.25, -0.2) is 9.97 Å². The summed E-state index contributed by atoms with van der Waals surface area (Å²) in [5.41, 5.74) is 0.963. The molecule has 0 fully saturated rings. The minimum atomic E-state index is 0.274. The number of ether oxygens (including phenoxy) is 3. The second-order valence-electron chi connectivity index (χ2n) is 4.38. The maximum Gasteiger partial charge on any atom is 0.321 e. The molecule has 0 N–H and O–H groups in total. The quantitative estimate of drug-likeness (QED) is 0.712. The zero-order chi connectivity index (χ0) is 15.4. The predicted molar refractivity (Wildman–Crippen MR) is 85.0 cm³/mol. The first kappa shape index (κ1) is 14.3. The van der Waals surface area contributed by atoms with Gasteiger partial charge in [-0.2, -0.15) is 0 Å². The molecule has 2 aromatic heterocycles. The first-order valence-electron chi connectivity index (χ1n) is 6.55. The molecule has 0 amide bonds. The zero-order valence-electron chi connectivity index (χ0n) is 12.1. The highest BCUT2D eigenvalue weighted by Crippen LogP contribution is 2.30. The number of nitrogens with zero attached hydrogens (tertiary/aromatic N) is 2. The fourth-order valence-electron chi connectivity index (χ4n) is 1.88. The van der Waals surface area contributed by atoms with Crippen LogP contribution < -0.4 is 14.2 Å². The van der Waals surface area contributed by atoms with Gasteiger partial charge in [-0.1, -0.05) is 6.07 Å². The van der Waals surface area contributed by atoms with E-state index in [-0.39, 0.29) is 6.01 Å². The number of thiophene rings is 1. The molecule has 0 atom stereocenters. The van der Waals surface area contributed by atoms with Gasteiger partial charge < -0.3 is 14.2 Å². The van der Waals surface area contributed by atoms with Crippen LogP contribution in [0.5, 0.6) is 23.3 Å². The van der Waals surface area contributed by atoms with Crippen molar-refractivity contribution in [1.29, 1.82) is 0 Å². The van der Waals surface area contributed by atoms with Crippen LogP contribution in [0.2, 0.25) is 0 Å². The molecule has 0 saturated carbocycles. The monoisotopic (exact) mass is 314 g/mol. The Morgan fingerprint density at radius 3 is 2.09 bits per heavy atom. The second-order valence-corrected chi connectivity index (χ2v) is 5.33. The van der Waals surface area contributed by atoms with Crippen molar-refractivity contribution in [2.45, 2.75) is 0 Å². The standard InChI is InChI=1S/C16H14N2O3S/c1-19-12-6-13(20-2)8-14(7-12)21-16-17-9-11(10-18-16)15-4-3-5-22-15/h3-10H,1-2H3. The molecule has 0 saturated heterocycles. The minimum absolute atomic E-state index is 0.274. The van der Waals surface area contributed by atoms with Crippen molar-refractivity contribution >= 4 is 11.3 Å². The first-order chi connectivity index (χ1) is 10.8. The van der Waals surface area contributed by atoms with Crippen LogP contribution in [0.3, 0.4) is 0 Å². The van der Waals surface area contributed by atoms with Crippen LogP contribution in [0.1, 0.15) is 0 Å². The summed E-state index contributed by atoms with van der Waals surface area (Å²) in [6, 6.07) is 9.56. The molecular weight excluding hydrogens is 300 g/mol. The van der Waals surface area contributed by atoms with E-state index in [4.69, 9.17) is 14.2 Å². The van der Waals surface area contributed by atoms with Crippen molar-refractivity contribution in [3.63, 3.8) is 0 Å². The van der Waals surface area contributed by atoms with Gasteiger partial charge in [-0.05, 0) is 11.4 Å². The lowest BCUT2D eigenvalue weighted by molar-refractivity contribution is 0.382. The minimum Gasteiger partial charge on any atom is -0.496 e. The number of aromatic nitrogens is 2. The molecule has 3 rings (SSSR count). The SMILES string of the molecule is COc1cc(OC)cc(Oc2ncc(-c3cccs3)cn2)c1. The van der Waals surface area contributed by atoms with Gasteiger partial charge in [0.2, 0.25) is 0 Å². The van der Waals surface area contributed by atoms with Gasteiger partial charge in [0.25, 0.3) is 0 Å². The molecule has 112 valence electrons. The van der Waals surface area contributed by atoms with Gasteiger partial charge in [0.05, 0.1) is 14.2 Å². The molecule has 0 spiro atoms. The first-order valence-corrected chi connectivity index (χ1v) is 7.43. The number of methoxy groups -OCH3 is 2. The Labute approximate surface area is 132 Å². The average Bonchev–Trinajstić information content (AvgIpc) is 3.09. The molecule has 22 heavy (non-hydrogen) atoms. The highest BCUT2D eigenvalue weighted by molar-refractivity contribution is 7.13. The molecule has 2 heterocycles. The Bertz CT molecular complexity index is 720. The Balaban J connectivity index is 1.81. The third-order valence-electron chi connectivity index (χ3n) is 2.97. The smallest absolute Gasteiger partial charge is 0.321 e. The van der Waals surface area contributed by atoms with E-state index in [0.717, 1.165) is 10.4 Å². The second kappa shape index (κ2) is 6.44. The van der Waals surface area contributed by atoms with Crippen molar-refractivity contribution in [1.82, 2.24) is 9.97 Å². The van der Waals surface area contributed by atoms with Gasteiger partial charge >= 0.3 is 6.01 Å². The van der Waals surface area contributed by atoms with Crippen molar-refractivity contribution in [2.75, 3.05) is 14.2 Å². The maximum absolute atomic E-state index is 5.66. The number of rotatable bonds is 5. The van der Waals surface area contributed by atoms with E-state index in [1.165, 1.54) is 0 Å². The van der Waals surface area contributed by atoms with E-state index in [9.17, 15) is 0 Å². The normalized spacial score (nSPS) is 10.3. The lowest BCUT2D eigenvalue weighted by Crippen LogP contribution is -1.94. The number of hydrogen-bond donors (Lipinski definition) is 0. The van der Waals surface area contributed by atoms with E-state index in [2.05, 4.69) is 9.97 Å². The van der Waals surface area contributed by atoms with E-state index < -0.39 is 0 Å². The fraction of sp³-hybridized carbons (Fsp3) is 0.125. The van der Waals surface area contributed by atoms with Crippen LogP contribution in [0.4, 0.5) is 0 Å². The lowest BCUT2D eigenvalue weighted by atomic mass is 10.3. The molecule has 0 bridgehead atoms. The van der Waals surface area contributed by atoms with E-state index in [0.29, 0.717) is 17.2 Å². The Hall–Kier alpha value is -2.60. The number of hydrogen-bond acceptors (Lipinski definition) is 6. The topological polar surface area (TPSA) is 53.5 Å². The third kappa shape index (κ3) is 3.17. The predicted octanol–water partition coefficient (Wildman–Crippen LogP) is 4.01. The summed E-state index contributed by atoms with van der Waals surface area (Å²) in [4.78, 5) is 9.59. The van der Waals surface area contributed by atoms with Crippen LogP contribution in [-0.2, 0) is 0 Å². The molecule has 5 nitrogen and oxygen atoms in total. The molecule has 0 aliphatic carbocycles. The Kier molecular flexibility index (Phi) is 4.20. The highest BCUT2D eigenvalue weighted by Gasteiger charge is 2.07. The van der Waals surface area contributed by atoms with Gasteiger partial charge in [0, 0.05) is 41.0 Å². The summed E-state index contributed by atoms with van der Waals surface area (Å²) in [5, 5.41) is 2.02. The van der Waals surface area contributed by atoms with Crippen molar-refractivity contribution < 1.29 is 14.2 Å². The van der Waals surface area contributed by atoms with Crippen molar-refractivity contribution in [3.05, 3.63) is 48.1 Å². The molecule has 0 aliphatic heterocycles. The largest absolute Gasteiger partial charge is 0.496 e. The molecular formula is C16H14N2O3S. The Morgan fingerprint density at radius 1 is 0.909 bits per heavy atom. The molecule has 3 aromatic rings. The zero-order valence-corrected chi connectivity index (χ0v) is 13.0. The summed E-state index contributed by atoms with van der Waals surface area (Å²) in [5.74, 6) is 1.84. The van der Waals surface area contributed by atoms with E-state index >= 15 is 0 Å². The molecule has 1 aromatic carbocycles. The lowest BCUT2D eigenvalue weighted by Gasteiger charge is -2.08.